The molecular formula is C20H19NO2. The van der Waals surface area contributed by atoms with Gasteiger partial charge in [0.2, 0.25) is 5.91 Å². The van der Waals surface area contributed by atoms with E-state index in [4.69, 9.17) is 4.74 Å². The first-order chi connectivity index (χ1) is 11.2. The molecule has 0 aromatic heterocycles. The van der Waals surface area contributed by atoms with Crippen molar-refractivity contribution in [2.45, 2.75) is 12.8 Å². The Kier molecular flexibility index (Phi) is 3.22. The third-order valence-corrected chi connectivity index (χ3v) is 4.97. The quantitative estimate of drug-likeness (QED) is 0.804. The lowest BCUT2D eigenvalue weighted by Gasteiger charge is -2.41. The highest BCUT2D eigenvalue weighted by Crippen LogP contribution is 2.45. The van der Waals surface area contributed by atoms with Gasteiger partial charge in [-0.15, -0.1) is 0 Å². The summed E-state index contributed by atoms with van der Waals surface area (Å²) in [7, 11) is 1.88. The molecule has 0 saturated carbocycles. The molecule has 0 saturated heterocycles. The van der Waals surface area contributed by atoms with Crippen LogP contribution >= 0.6 is 0 Å². The van der Waals surface area contributed by atoms with Crippen LogP contribution in [-0.4, -0.2) is 24.5 Å². The molecule has 2 heterocycles. The Morgan fingerprint density at radius 2 is 1.74 bits per heavy atom. The molecule has 0 bridgehead atoms. The smallest absolute Gasteiger partial charge is 0.234 e. The molecule has 0 unspecified atom stereocenters. The van der Waals surface area contributed by atoms with E-state index in [1.807, 2.05) is 66.5 Å². The number of nitrogens with zero attached hydrogens (tertiary/aromatic N) is 1. The van der Waals surface area contributed by atoms with Crippen molar-refractivity contribution in [1.82, 2.24) is 4.90 Å². The van der Waals surface area contributed by atoms with Crippen LogP contribution in [0.25, 0.3) is 5.70 Å². The molecular weight excluding hydrogens is 286 g/mol. The predicted octanol–water partition coefficient (Wildman–Crippen LogP) is 3.68. The Morgan fingerprint density at radius 3 is 2.52 bits per heavy atom. The van der Waals surface area contributed by atoms with E-state index < -0.39 is 0 Å². The van der Waals surface area contributed by atoms with Crippen LogP contribution in [0.2, 0.25) is 0 Å². The van der Waals surface area contributed by atoms with E-state index in [0.717, 1.165) is 22.6 Å². The average molecular weight is 305 g/mol. The van der Waals surface area contributed by atoms with E-state index in [-0.39, 0.29) is 17.7 Å². The first kappa shape index (κ1) is 14.1. The number of hydrogen-bond donors (Lipinski definition) is 0. The molecule has 0 N–H and O–H groups in total. The van der Waals surface area contributed by atoms with Crippen molar-refractivity contribution in [3.8, 4) is 5.75 Å². The van der Waals surface area contributed by atoms with Gasteiger partial charge in [0.1, 0.15) is 12.4 Å². The van der Waals surface area contributed by atoms with Crippen LogP contribution in [0.15, 0.2) is 60.2 Å². The Morgan fingerprint density at radius 1 is 1.04 bits per heavy atom. The molecule has 0 radical (unpaired) electrons. The summed E-state index contributed by atoms with van der Waals surface area (Å²) in [6.07, 6.45) is 0. The molecule has 3 nitrogen and oxygen atoms in total. The van der Waals surface area contributed by atoms with Crippen molar-refractivity contribution < 1.29 is 9.53 Å². The SMILES string of the molecule is C[C@@H]1C2=C(c3ccccc3OC2)N(C)C(=O)[C@@H]1c1ccccc1. The van der Waals surface area contributed by atoms with Gasteiger partial charge >= 0.3 is 0 Å². The number of hydrogen-bond acceptors (Lipinski definition) is 2. The van der Waals surface area contributed by atoms with Crippen LogP contribution in [0.1, 0.15) is 24.0 Å². The van der Waals surface area contributed by atoms with E-state index in [1.54, 1.807) is 0 Å². The van der Waals surface area contributed by atoms with Gasteiger partial charge in [-0.25, -0.2) is 0 Å². The minimum atomic E-state index is -0.145. The number of carbonyl (C=O) groups is 1. The number of carbonyl (C=O) groups excluding carboxylic acids is 1. The largest absolute Gasteiger partial charge is 0.488 e. The number of ether oxygens (including phenoxy) is 1. The first-order valence-electron chi connectivity index (χ1n) is 7.96. The first-order valence-corrected chi connectivity index (χ1v) is 7.96. The lowest BCUT2D eigenvalue weighted by atomic mass is 9.76. The van der Waals surface area contributed by atoms with Crippen LogP contribution in [0.4, 0.5) is 0 Å². The summed E-state index contributed by atoms with van der Waals surface area (Å²) in [5.41, 5.74) is 4.32. The molecule has 0 spiro atoms. The molecule has 116 valence electrons. The molecule has 4 rings (SSSR count). The highest BCUT2D eigenvalue weighted by molar-refractivity contribution is 5.96. The summed E-state index contributed by atoms with van der Waals surface area (Å²) in [5, 5.41) is 0. The molecule has 1 amide bonds. The van der Waals surface area contributed by atoms with Crippen molar-refractivity contribution in [2.75, 3.05) is 13.7 Å². The third kappa shape index (κ3) is 2.07. The minimum Gasteiger partial charge on any atom is -0.488 e. The van der Waals surface area contributed by atoms with Crippen LogP contribution in [0, 0.1) is 5.92 Å². The van der Waals surface area contributed by atoms with Crippen molar-refractivity contribution >= 4 is 11.6 Å². The predicted molar refractivity (Wildman–Crippen MR) is 90.0 cm³/mol. The van der Waals surface area contributed by atoms with E-state index in [1.165, 1.54) is 5.57 Å². The van der Waals surface area contributed by atoms with Gasteiger partial charge in [0, 0.05) is 12.6 Å². The maximum absolute atomic E-state index is 13.1. The molecule has 2 aliphatic heterocycles. The zero-order chi connectivity index (χ0) is 16.0. The number of rotatable bonds is 1. The number of likely N-dealkylation sites (N-methyl/N-ethyl adjacent to an activating group) is 1. The second-order valence-electron chi connectivity index (χ2n) is 6.23. The number of benzene rings is 2. The van der Waals surface area contributed by atoms with E-state index in [9.17, 15) is 4.79 Å². The summed E-state index contributed by atoms with van der Waals surface area (Å²) in [6.45, 7) is 2.68. The molecule has 0 aliphatic carbocycles. The highest BCUT2D eigenvalue weighted by Gasteiger charge is 2.41. The Bertz CT molecular complexity index is 794. The van der Waals surface area contributed by atoms with Crippen LogP contribution < -0.4 is 4.74 Å². The Balaban J connectivity index is 1.86. The zero-order valence-corrected chi connectivity index (χ0v) is 13.3. The average Bonchev–Trinajstić information content (AvgIpc) is 2.60. The second-order valence-corrected chi connectivity index (χ2v) is 6.23. The number of para-hydroxylation sites is 1. The van der Waals surface area contributed by atoms with E-state index >= 15 is 0 Å². The maximum Gasteiger partial charge on any atom is 0.234 e. The topological polar surface area (TPSA) is 29.5 Å². The lowest BCUT2D eigenvalue weighted by molar-refractivity contribution is -0.130. The summed E-state index contributed by atoms with van der Waals surface area (Å²) in [4.78, 5) is 14.9. The van der Waals surface area contributed by atoms with Gasteiger partial charge in [0.05, 0.1) is 11.6 Å². The van der Waals surface area contributed by atoms with Gasteiger partial charge in [0.25, 0.3) is 0 Å². The molecule has 2 aromatic carbocycles. The van der Waals surface area contributed by atoms with E-state index in [0.29, 0.717) is 6.61 Å². The molecule has 2 atom stereocenters. The summed E-state index contributed by atoms with van der Waals surface area (Å²) in [5.74, 6) is 0.994. The fraction of sp³-hybridized carbons (Fsp3) is 0.250. The second kappa shape index (κ2) is 5.27. The van der Waals surface area contributed by atoms with Gasteiger partial charge in [-0.3, -0.25) is 4.79 Å². The molecule has 3 heteroatoms. The van der Waals surface area contributed by atoms with Gasteiger partial charge < -0.3 is 9.64 Å². The van der Waals surface area contributed by atoms with Crippen molar-refractivity contribution in [3.05, 3.63) is 71.3 Å². The third-order valence-electron chi connectivity index (χ3n) is 4.97. The Hall–Kier alpha value is -2.55. The fourth-order valence-electron chi connectivity index (χ4n) is 3.75. The standard InChI is InChI=1S/C20H19NO2/c1-13-16-12-23-17-11-7-6-10-15(17)19(16)21(2)20(22)18(13)14-8-4-3-5-9-14/h3-11,13,18H,12H2,1-2H3/t13-,18+/m1/s1. The van der Waals surface area contributed by atoms with Crippen LogP contribution in [-0.2, 0) is 4.79 Å². The normalized spacial score (nSPS) is 23.2. The molecule has 2 aliphatic rings. The van der Waals surface area contributed by atoms with Crippen LogP contribution in [0.3, 0.4) is 0 Å². The molecule has 0 fully saturated rings. The highest BCUT2D eigenvalue weighted by atomic mass is 16.5. The van der Waals surface area contributed by atoms with Gasteiger partial charge in [-0.05, 0) is 29.2 Å². The zero-order valence-electron chi connectivity index (χ0n) is 13.3. The van der Waals surface area contributed by atoms with Gasteiger partial charge in [-0.2, -0.15) is 0 Å². The van der Waals surface area contributed by atoms with Gasteiger partial charge in [0.15, 0.2) is 0 Å². The summed E-state index contributed by atoms with van der Waals surface area (Å²) < 4.78 is 5.94. The number of amides is 1. The minimum absolute atomic E-state index is 0.129. The monoisotopic (exact) mass is 305 g/mol. The van der Waals surface area contributed by atoms with Crippen LogP contribution in [0.5, 0.6) is 5.75 Å². The summed E-state index contributed by atoms with van der Waals surface area (Å²) in [6, 6.07) is 18.0. The fourth-order valence-corrected chi connectivity index (χ4v) is 3.75. The van der Waals surface area contributed by atoms with E-state index in [2.05, 4.69) is 6.92 Å². The lowest BCUT2D eigenvalue weighted by Crippen LogP contribution is -2.42. The summed E-state index contributed by atoms with van der Waals surface area (Å²) >= 11 is 0. The maximum atomic E-state index is 13.1. The van der Waals surface area contributed by atoms with Crippen molar-refractivity contribution in [1.29, 1.82) is 0 Å². The molecule has 2 aromatic rings. The van der Waals surface area contributed by atoms with Gasteiger partial charge in [-0.1, -0.05) is 49.4 Å². The molecule has 23 heavy (non-hydrogen) atoms. The van der Waals surface area contributed by atoms with Crippen molar-refractivity contribution in [3.63, 3.8) is 0 Å². The Labute approximate surface area is 136 Å². The number of fused-ring (bicyclic) bond motifs is 2. The van der Waals surface area contributed by atoms with Crippen molar-refractivity contribution in [2.24, 2.45) is 5.92 Å².